The summed E-state index contributed by atoms with van der Waals surface area (Å²) >= 11 is 12.2. The van der Waals surface area contributed by atoms with E-state index in [9.17, 15) is 0 Å². The zero-order valence-corrected chi connectivity index (χ0v) is 17.4. The molecular formula is C24H25Cl2NO. The Kier molecular flexibility index (Phi) is 7.52. The predicted octanol–water partition coefficient (Wildman–Crippen LogP) is 6.36. The fourth-order valence-corrected chi connectivity index (χ4v) is 4.06. The van der Waals surface area contributed by atoms with Gasteiger partial charge in [0, 0.05) is 12.0 Å². The van der Waals surface area contributed by atoms with E-state index in [1.54, 1.807) is 0 Å². The zero-order valence-electron chi connectivity index (χ0n) is 15.9. The van der Waals surface area contributed by atoms with Gasteiger partial charge in [0.15, 0.2) is 0 Å². The SMILES string of the molecule is CN[C@H]1CC[C@@H](c2ccc(Cl)c(Cl)c2)c2ccccc21.OCc1ccccc1. The van der Waals surface area contributed by atoms with Crippen LogP contribution in [-0.2, 0) is 6.61 Å². The summed E-state index contributed by atoms with van der Waals surface area (Å²) in [6.45, 7) is 0.140. The fourth-order valence-electron chi connectivity index (χ4n) is 3.75. The molecule has 3 aromatic rings. The molecule has 28 heavy (non-hydrogen) atoms. The van der Waals surface area contributed by atoms with Crippen LogP contribution in [0.3, 0.4) is 0 Å². The highest BCUT2D eigenvalue weighted by molar-refractivity contribution is 6.42. The van der Waals surface area contributed by atoms with E-state index < -0.39 is 0 Å². The van der Waals surface area contributed by atoms with Crippen LogP contribution in [0.5, 0.6) is 0 Å². The molecule has 1 aliphatic carbocycles. The highest BCUT2D eigenvalue weighted by Crippen LogP contribution is 2.42. The monoisotopic (exact) mass is 413 g/mol. The van der Waals surface area contributed by atoms with Gasteiger partial charge in [0.2, 0.25) is 0 Å². The third-order valence-corrected chi connectivity index (χ3v) is 5.95. The molecule has 4 heteroatoms. The summed E-state index contributed by atoms with van der Waals surface area (Å²) < 4.78 is 0. The number of rotatable bonds is 3. The van der Waals surface area contributed by atoms with Crippen molar-refractivity contribution >= 4 is 23.2 Å². The van der Waals surface area contributed by atoms with Crippen LogP contribution in [0, 0.1) is 0 Å². The topological polar surface area (TPSA) is 32.3 Å². The second-order valence-electron chi connectivity index (χ2n) is 6.92. The Morgan fingerprint density at radius 2 is 1.54 bits per heavy atom. The lowest BCUT2D eigenvalue weighted by Crippen LogP contribution is -2.24. The van der Waals surface area contributed by atoms with Crippen LogP contribution in [0.2, 0.25) is 10.0 Å². The number of halogens is 2. The molecule has 0 saturated carbocycles. The summed E-state index contributed by atoms with van der Waals surface area (Å²) in [5, 5.41) is 13.2. The molecule has 0 saturated heterocycles. The van der Waals surface area contributed by atoms with Crippen molar-refractivity contribution in [2.75, 3.05) is 7.05 Å². The molecular weight excluding hydrogens is 389 g/mol. The van der Waals surface area contributed by atoms with Gasteiger partial charge >= 0.3 is 0 Å². The number of aliphatic hydroxyl groups is 1. The van der Waals surface area contributed by atoms with Gasteiger partial charge in [0.1, 0.15) is 0 Å². The molecule has 0 amide bonds. The van der Waals surface area contributed by atoms with Crippen molar-refractivity contribution in [1.29, 1.82) is 0 Å². The second-order valence-corrected chi connectivity index (χ2v) is 7.73. The van der Waals surface area contributed by atoms with Crippen molar-refractivity contribution in [3.05, 3.63) is 105 Å². The Morgan fingerprint density at radius 1 is 0.857 bits per heavy atom. The minimum Gasteiger partial charge on any atom is -0.392 e. The Labute approximate surface area is 177 Å². The molecule has 146 valence electrons. The van der Waals surface area contributed by atoms with E-state index in [0.717, 1.165) is 18.4 Å². The first-order valence-corrected chi connectivity index (χ1v) is 10.3. The van der Waals surface area contributed by atoms with E-state index >= 15 is 0 Å². The largest absolute Gasteiger partial charge is 0.392 e. The van der Waals surface area contributed by atoms with Crippen molar-refractivity contribution in [2.24, 2.45) is 0 Å². The summed E-state index contributed by atoms with van der Waals surface area (Å²) in [5.74, 6) is 0.408. The van der Waals surface area contributed by atoms with Gasteiger partial charge in [-0.2, -0.15) is 0 Å². The lowest BCUT2D eigenvalue weighted by atomic mass is 9.77. The third kappa shape index (κ3) is 4.95. The quantitative estimate of drug-likeness (QED) is 0.523. The molecule has 2 N–H and O–H groups in total. The number of aliphatic hydroxyl groups excluding tert-OH is 1. The maximum Gasteiger partial charge on any atom is 0.0681 e. The molecule has 2 nitrogen and oxygen atoms in total. The van der Waals surface area contributed by atoms with Crippen LogP contribution >= 0.6 is 23.2 Å². The van der Waals surface area contributed by atoms with E-state index in [2.05, 4.69) is 35.6 Å². The van der Waals surface area contributed by atoms with Crippen molar-refractivity contribution in [3.8, 4) is 0 Å². The summed E-state index contributed by atoms with van der Waals surface area (Å²) in [6.07, 6.45) is 2.26. The zero-order chi connectivity index (χ0) is 19.9. The number of nitrogens with one attached hydrogen (secondary N) is 1. The summed E-state index contributed by atoms with van der Waals surface area (Å²) in [5.41, 5.74) is 5.02. The molecule has 0 radical (unpaired) electrons. The molecule has 0 unspecified atom stereocenters. The van der Waals surface area contributed by atoms with E-state index in [1.807, 2.05) is 49.5 Å². The highest BCUT2D eigenvalue weighted by atomic mass is 35.5. The maximum absolute atomic E-state index is 8.54. The van der Waals surface area contributed by atoms with Gasteiger partial charge < -0.3 is 10.4 Å². The van der Waals surface area contributed by atoms with Crippen LogP contribution in [-0.4, -0.2) is 12.2 Å². The Morgan fingerprint density at radius 3 is 2.14 bits per heavy atom. The minimum absolute atomic E-state index is 0.140. The van der Waals surface area contributed by atoms with Crippen LogP contribution < -0.4 is 5.32 Å². The van der Waals surface area contributed by atoms with E-state index in [1.165, 1.54) is 16.7 Å². The first kappa shape index (κ1) is 20.9. The molecule has 0 bridgehead atoms. The lowest BCUT2D eigenvalue weighted by Gasteiger charge is -2.32. The maximum atomic E-state index is 8.54. The van der Waals surface area contributed by atoms with Gasteiger partial charge in [-0.1, -0.05) is 83.9 Å². The molecule has 0 aliphatic heterocycles. The van der Waals surface area contributed by atoms with Crippen molar-refractivity contribution in [2.45, 2.75) is 31.4 Å². The average Bonchev–Trinajstić information content (AvgIpc) is 2.76. The van der Waals surface area contributed by atoms with E-state index in [4.69, 9.17) is 28.3 Å². The normalized spacial score (nSPS) is 18.0. The van der Waals surface area contributed by atoms with Gasteiger partial charge in [-0.15, -0.1) is 0 Å². The summed E-state index contributed by atoms with van der Waals surface area (Å²) in [4.78, 5) is 0. The number of fused-ring (bicyclic) bond motifs is 1. The van der Waals surface area contributed by atoms with E-state index in [0.29, 0.717) is 22.0 Å². The molecule has 3 aromatic carbocycles. The van der Waals surface area contributed by atoms with Crippen molar-refractivity contribution in [3.63, 3.8) is 0 Å². The molecule has 4 rings (SSSR count). The lowest BCUT2D eigenvalue weighted by molar-refractivity contribution is 0.282. The average molecular weight is 414 g/mol. The molecule has 0 spiro atoms. The standard InChI is InChI=1S/C17H17Cl2N.C7H8O/c1-20-17-9-7-12(13-4-2-3-5-14(13)17)11-6-8-15(18)16(19)10-11;8-6-7-4-2-1-3-5-7/h2-6,8,10,12,17,20H,7,9H2,1H3;1-5,8H,6H2/t12-,17-;/m0./s1. The first-order chi connectivity index (χ1) is 13.6. The van der Waals surface area contributed by atoms with Crippen molar-refractivity contribution in [1.82, 2.24) is 5.32 Å². The number of hydrogen-bond acceptors (Lipinski definition) is 2. The first-order valence-electron chi connectivity index (χ1n) is 9.50. The van der Waals surface area contributed by atoms with Gasteiger partial charge in [-0.25, -0.2) is 0 Å². The Balaban J connectivity index is 0.000000236. The van der Waals surface area contributed by atoms with Crippen molar-refractivity contribution < 1.29 is 5.11 Å². The fraction of sp³-hybridized carbons (Fsp3) is 0.250. The van der Waals surface area contributed by atoms with Gasteiger partial charge in [0.25, 0.3) is 0 Å². The molecule has 0 heterocycles. The Hall–Kier alpha value is -1.84. The molecule has 2 atom stereocenters. The predicted molar refractivity (Wildman–Crippen MR) is 118 cm³/mol. The molecule has 0 aromatic heterocycles. The summed E-state index contributed by atoms with van der Waals surface area (Å²) in [7, 11) is 2.03. The smallest absolute Gasteiger partial charge is 0.0681 e. The summed E-state index contributed by atoms with van der Waals surface area (Å²) in [6, 6.07) is 24.6. The van der Waals surface area contributed by atoms with Crippen LogP contribution in [0.15, 0.2) is 72.8 Å². The van der Waals surface area contributed by atoms with Crippen LogP contribution in [0.1, 0.15) is 47.1 Å². The number of benzene rings is 3. The van der Waals surface area contributed by atoms with Crippen LogP contribution in [0.25, 0.3) is 0 Å². The highest BCUT2D eigenvalue weighted by Gasteiger charge is 2.27. The van der Waals surface area contributed by atoms with Gasteiger partial charge in [-0.3, -0.25) is 0 Å². The second kappa shape index (κ2) is 10.1. The molecule has 1 aliphatic rings. The molecule has 0 fully saturated rings. The Bertz CT molecular complexity index is 898. The van der Waals surface area contributed by atoms with Gasteiger partial charge in [0.05, 0.1) is 16.7 Å². The van der Waals surface area contributed by atoms with E-state index in [-0.39, 0.29) is 6.61 Å². The third-order valence-electron chi connectivity index (χ3n) is 5.21. The van der Waals surface area contributed by atoms with Gasteiger partial charge in [-0.05, 0) is 54.3 Å². The minimum atomic E-state index is 0.140. The number of hydrogen-bond donors (Lipinski definition) is 2. The van der Waals surface area contributed by atoms with Crippen LogP contribution in [0.4, 0.5) is 0 Å².